The van der Waals surface area contributed by atoms with Crippen LogP contribution in [0.15, 0.2) is 47.0 Å². The molecular formula is C21H19BrClF2N5O2. The topological polar surface area (TPSA) is 79.4 Å². The maximum atomic E-state index is 14.5. The molecular weight excluding hydrogens is 508 g/mol. The normalized spacial score (nSPS) is 11.7. The molecule has 1 heterocycles. The Morgan fingerprint density at radius 2 is 2.03 bits per heavy atom. The average molecular weight is 527 g/mol. The van der Waals surface area contributed by atoms with Crippen molar-refractivity contribution in [3.63, 3.8) is 0 Å². The number of halogens is 4. The average Bonchev–Trinajstić information content (AvgIpc) is 2.77. The summed E-state index contributed by atoms with van der Waals surface area (Å²) < 4.78 is 34.4. The van der Waals surface area contributed by atoms with Gasteiger partial charge in [0.1, 0.15) is 17.9 Å². The van der Waals surface area contributed by atoms with Crippen LogP contribution in [0.2, 0.25) is 5.02 Å². The Morgan fingerprint density at radius 3 is 2.72 bits per heavy atom. The number of rotatable bonds is 7. The van der Waals surface area contributed by atoms with E-state index in [9.17, 15) is 13.6 Å². The van der Waals surface area contributed by atoms with Crippen LogP contribution in [0.3, 0.4) is 0 Å². The lowest BCUT2D eigenvalue weighted by atomic mass is 10.1. The molecule has 1 aromatic heterocycles. The minimum atomic E-state index is -0.935. The molecule has 0 saturated heterocycles. The number of anilines is 3. The highest BCUT2D eigenvalue weighted by Gasteiger charge is 2.17. The van der Waals surface area contributed by atoms with Crippen LogP contribution in [0, 0.1) is 5.82 Å². The van der Waals surface area contributed by atoms with E-state index in [0.29, 0.717) is 15.4 Å². The highest BCUT2D eigenvalue weighted by molar-refractivity contribution is 9.10. The molecule has 2 aromatic carbocycles. The summed E-state index contributed by atoms with van der Waals surface area (Å²) in [7, 11) is 4.92. The van der Waals surface area contributed by atoms with Gasteiger partial charge in [-0.1, -0.05) is 11.6 Å². The molecule has 3 aromatic rings. The van der Waals surface area contributed by atoms with E-state index >= 15 is 0 Å². The fourth-order valence-electron chi connectivity index (χ4n) is 2.74. The number of hydrogen-bond donors (Lipinski definition) is 2. The third-order valence-corrected chi connectivity index (χ3v) is 5.60. The van der Waals surface area contributed by atoms with E-state index in [1.54, 1.807) is 31.1 Å². The highest BCUT2D eigenvalue weighted by Crippen LogP contribution is 2.35. The number of aromatic nitrogens is 2. The maximum absolute atomic E-state index is 14.5. The summed E-state index contributed by atoms with van der Waals surface area (Å²) in [5, 5.41) is 5.73. The third kappa shape index (κ3) is 5.32. The first-order valence-corrected chi connectivity index (χ1v) is 10.4. The predicted molar refractivity (Wildman–Crippen MR) is 125 cm³/mol. The Labute approximate surface area is 196 Å². The number of nitrogens with one attached hydrogen (secondary N) is 2. The van der Waals surface area contributed by atoms with Crippen LogP contribution < -0.4 is 15.4 Å². The Hall–Kier alpha value is -2.82. The number of benzene rings is 2. The van der Waals surface area contributed by atoms with E-state index in [1.807, 2.05) is 0 Å². The second-order valence-electron chi connectivity index (χ2n) is 6.91. The van der Waals surface area contributed by atoms with Crippen molar-refractivity contribution < 1.29 is 18.3 Å². The molecule has 32 heavy (non-hydrogen) atoms. The van der Waals surface area contributed by atoms with Gasteiger partial charge in [-0.15, -0.1) is 0 Å². The largest absolute Gasteiger partial charge is 0.494 e. The molecule has 0 aliphatic heterocycles. The first-order chi connectivity index (χ1) is 15.2. The van der Waals surface area contributed by atoms with Gasteiger partial charge in [0.2, 0.25) is 0 Å². The number of carbonyl (C=O) groups excluding carboxylic acids is 1. The molecule has 3 rings (SSSR count). The molecule has 0 aliphatic rings. The molecule has 0 spiro atoms. The molecule has 0 aliphatic carbocycles. The van der Waals surface area contributed by atoms with Crippen molar-refractivity contribution in [2.45, 2.75) is 0 Å². The van der Waals surface area contributed by atoms with Crippen LogP contribution in [0.25, 0.3) is 10.9 Å². The third-order valence-electron chi connectivity index (χ3n) is 4.35. The number of carbonyl (C=O) groups is 1. The van der Waals surface area contributed by atoms with E-state index in [-0.39, 0.29) is 34.5 Å². The number of ether oxygens (including phenoxy) is 1. The van der Waals surface area contributed by atoms with Gasteiger partial charge in [-0.3, -0.25) is 4.79 Å². The SMILES string of the molecule is COc1cc2ncnc(Nc3ccc(Br)c(Cl)c3F)c2cc1NC(=O)C(F)=CCN(C)C. The summed E-state index contributed by atoms with van der Waals surface area (Å²) in [6, 6.07) is 6.17. The minimum Gasteiger partial charge on any atom is -0.494 e. The van der Waals surface area contributed by atoms with Gasteiger partial charge in [-0.25, -0.2) is 18.7 Å². The zero-order valence-electron chi connectivity index (χ0n) is 17.3. The summed E-state index contributed by atoms with van der Waals surface area (Å²) in [4.78, 5) is 22.3. The van der Waals surface area contributed by atoms with Crippen LogP contribution in [0.1, 0.15) is 0 Å². The second-order valence-corrected chi connectivity index (χ2v) is 8.14. The van der Waals surface area contributed by atoms with Crippen molar-refractivity contribution in [3.05, 3.63) is 57.8 Å². The van der Waals surface area contributed by atoms with Gasteiger partial charge in [-0.05, 0) is 54.3 Å². The molecule has 168 valence electrons. The van der Waals surface area contributed by atoms with Crippen LogP contribution in [0.4, 0.5) is 26.0 Å². The fourth-order valence-corrected chi connectivity index (χ4v) is 3.21. The van der Waals surface area contributed by atoms with E-state index in [1.165, 1.54) is 31.6 Å². The van der Waals surface area contributed by atoms with E-state index in [0.717, 1.165) is 0 Å². The van der Waals surface area contributed by atoms with Gasteiger partial charge in [0.25, 0.3) is 5.91 Å². The number of fused-ring (bicyclic) bond motifs is 1. The zero-order valence-corrected chi connectivity index (χ0v) is 19.7. The van der Waals surface area contributed by atoms with Gasteiger partial charge in [0.05, 0.1) is 29.0 Å². The van der Waals surface area contributed by atoms with Crippen LogP contribution >= 0.6 is 27.5 Å². The molecule has 0 radical (unpaired) electrons. The molecule has 11 heteroatoms. The molecule has 0 saturated carbocycles. The smallest absolute Gasteiger partial charge is 0.284 e. The summed E-state index contributed by atoms with van der Waals surface area (Å²) >= 11 is 9.13. The molecule has 0 unspecified atom stereocenters. The number of amides is 1. The number of hydrogen-bond acceptors (Lipinski definition) is 6. The Morgan fingerprint density at radius 1 is 1.28 bits per heavy atom. The Bertz CT molecular complexity index is 1210. The minimum absolute atomic E-state index is 0.0806. The number of methoxy groups -OCH3 is 1. The summed E-state index contributed by atoms with van der Waals surface area (Å²) in [5.74, 6) is -2.00. The van der Waals surface area contributed by atoms with E-state index in [2.05, 4.69) is 36.5 Å². The van der Waals surface area contributed by atoms with Crippen molar-refractivity contribution in [3.8, 4) is 5.75 Å². The van der Waals surface area contributed by atoms with Gasteiger partial charge < -0.3 is 20.3 Å². The van der Waals surface area contributed by atoms with E-state index < -0.39 is 17.6 Å². The summed E-state index contributed by atoms with van der Waals surface area (Å²) in [5.41, 5.74) is 0.757. The lowest BCUT2D eigenvalue weighted by Gasteiger charge is -2.14. The van der Waals surface area contributed by atoms with Crippen molar-refractivity contribution in [1.29, 1.82) is 0 Å². The van der Waals surface area contributed by atoms with Crippen molar-refractivity contribution in [2.75, 3.05) is 38.4 Å². The first kappa shape index (κ1) is 23.8. The van der Waals surface area contributed by atoms with Gasteiger partial charge in [0, 0.05) is 22.5 Å². The molecule has 0 fully saturated rings. The van der Waals surface area contributed by atoms with E-state index in [4.69, 9.17) is 16.3 Å². The predicted octanol–water partition coefficient (Wildman–Crippen LogP) is 5.29. The van der Waals surface area contributed by atoms with Gasteiger partial charge >= 0.3 is 0 Å². The number of nitrogens with zero attached hydrogens (tertiary/aromatic N) is 3. The Kier molecular flexibility index (Phi) is 7.60. The second kappa shape index (κ2) is 10.2. The van der Waals surface area contributed by atoms with Crippen LogP contribution in [-0.2, 0) is 4.79 Å². The fraction of sp³-hybridized carbons (Fsp3) is 0.190. The maximum Gasteiger partial charge on any atom is 0.284 e. The molecule has 0 atom stereocenters. The first-order valence-electron chi connectivity index (χ1n) is 9.26. The molecule has 2 N–H and O–H groups in total. The zero-order chi connectivity index (χ0) is 23.4. The quantitative estimate of drug-likeness (QED) is 0.322. The summed E-state index contributed by atoms with van der Waals surface area (Å²) in [6.45, 7) is 0.261. The van der Waals surface area contributed by atoms with Crippen molar-refractivity contribution >= 4 is 61.5 Å². The standard InChI is InChI=1S/C21H19BrClF2N5O2/c1-30(2)7-6-13(24)21(31)29-16-8-11-15(9-17(16)32-3)26-10-27-20(11)28-14-5-4-12(22)18(23)19(14)25/h4-6,8-10H,7H2,1-3H3,(H,29,31)(H,26,27,28). The molecule has 1 amide bonds. The van der Waals surface area contributed by atoms with Crippen molar-refractivity contribution in [1.82, 2.24) is 14.9 Å². The lowest BCUT2D eigenvalue weighted by molar-refractivity contribution is -0.114. The lowest BCUT2D eigenvalue weighted by Crippen LogP contribution is -2.16. The van der Waals surface area contributed by atoms with Gasteiger partial charge in [0.15, 0.2) is 11.6 Å². The monoisotopic (exact) mass is 525 g/mol. The molecule has 7 nitrogen and oxygen atoms in total. The van der Waals surface area contributed by atoms with Crippen molar-refractivity contribution in [2.24, 2.45) is 0 Å². The van der Waals surface area contributed by atoms with Crippen LogP contribution in [-0.4, -0.2) is 48.5 Å². The van der Waals surface area contributed by atoms with Crippen LogP contribution in [0.5, 0.6) is 5.75 Å². The Balaban J connectivity index is 2.00. The number of likely N-dealkylation sites (N-methyl/N-ethyl adjacent to an activating group) is 1. The summed E-state index contributed by atoms with van der Waals surface area (Å²) in [6.07, 6.45) is 2.46. The molecule has 0 bridgehead atoms. The van der Waals surface area contributed by atoms with Gasteiger partial charge in [-0.2, -0.15) is 0 Å². The highest BCUT2D eigenvalue weighted by atomic mass is 79.9.